The van der Waals surface area contributed by atoms with Gasteiger partial charge in [0.2, 0.25) is 5.91 Å². The lowest BCUT2D eigenvalue weighted by Crippen LogP contribution is -2.45. The van der Waals surface area contributed by atoms with Gasteiger partial charge in [0.05, 0.1) is 5.92 Å². The first-order valence-electron chi connectivity index (χ1n) is 8.18. The minimum Gasteiger partial charge on any atom is -0.356 e. The fourth-order valence-corrected chi connectivity index (χ4v) is 2.98. The van der Waals surface area contributed by atoms with Gasteiger partial charge in [-0.15, -0.1) is 0 Å². The van der Waals surface area contributed by atoms with Crippen molar-refractivity contribution in [2.24, 2.45) is 5.92 Å². The number of aryl methyl sites for hydroxylation is 1. The lowest BCUT2D eigenvalue weighted by atomic mass is 9.96. The van der Waals surface area contributed by atoms with E-state index in [9.17, 15) is 9.59 Å². The quantitative estimate of drug-likeness (QED) is 0.896. The van der Waals surface area contributed by atoms with Crippen molar-refractivity contribution in [3.63, 3.8) is 0 Å². The molecule has 2 amide bonds. The number of likely N-dealkylation sites (tertiary alicyclic amines) is 1. The van der Waals surface area contributed by atoms with Gasteiger partial charge in [-0.2, -0.15) is 0 Å². The molecule has 1 aliphatic rings. The van der Waals surface area contributed by atoms with Crippen molar-refractivity contribution >= 4 is 11.8 Å². The van der Waals surface area contributed by atoms with Crippen LogP contribution in [0.5, 0.6) is 0 Å². The van der Waals surface area contributed by atoms with Gasteiger partial charge in [-0.05, 0) is 51.2 Å². The predicted octanol–water partition coefficient (Wildman–Crippen LogP) is 2.32. The number of nitrogens with one attached hydrogen (secondary N) is 2. The highest BCUT2D eigenvalue weighted by Gasteiger charge is 2.30. The van der Waals surface area contributed by atoms with E-state index in [1.807, 2.05) is 32.6 Å². The van der Waals surface area contributed by atoms with Crippen molar-refractivity contribution in [2.45, 2.75) is 47.0 Å². The van der Waals surface area contributed by atoms with Gasteiger partial charge < -0.3 is 15.2 Å². The summed E-state index contributed by atoms with van der Waals surface area (Å²) in [5.74, 6) is 0.0123. The molecule has 2 heterocycles. The summed E-state index contributed by atoms with van der Waals surface area (Å²) in [7, 11) is 0. The van der Waals surface area contributed by atoms with Crippen LogP contribution >= 0.6 is 0 Å². The molecule has 0 radical (unpaired) electrons. The first-order valence-corrected chi connectivity index (χ1v) is 8.18. The highest BCUT2D eigenvalue weighted by atomic mass is 16.2. The molecule has 1 aromatic heterocycles. The van der Waals surface area contributed by atoms with Gasteiger partial charge in [-0.3, -0.25) is 9.59 Å². The smallest absolute Gasteiger partial charge is 0.270 e. The number of hydrogen-bond acceptors (Lipinski definition) is 2. The lowest BCUT2D eigenvalue weighted by molar-refractivity contribution is -0.126. The molecule has 22 heavy (non-hydrogen) atoms. The van der Waals surface area contributed by atoms with Crippen LogP contribution in [-0.4, -0.2) is 41.3 Å². The maximum atomic E-state index is 12.7. The minimum absolute atomic E-state index is 0.0155. The first-order chi connectivity index (χ1) is 10.5. The average Bonchev–Trinajstić information content (AvgIpc) is 2.79. The second-order valence-corrected chi connectivity index (χ2v) is 6.26. The molecule has 1 fully saturated rings. The Morgan fingerprint density at radius 2 is 2.00 bits per heavy atom. The van der Waals surface area contributed by atoms with Gasteiger partial charge in [0.15, 0.2) is 0 Å². The molecule has 5 heteroatoms. The molecule has 1 unspecified atom stereocenters. The third kappa shape index (κ3) is 3.34. The van der Waals surface area contributed by atoms with Gasteiger partial charge >= 0.3 is 0 Å². The van der Waals surface area contributed by atoms with Crippen molar-refractivity contribution in [3.8, 4) is 0 Å². The topological polar surface area (TPSA) is 65.2 Å². The van der Waals surface area contributed by atoms with E-state index in [2.05, 4.69) is 10.3 Å². The zero-order chi connectivity index (χ0) is 16.3. The molecule has 0 aliphatic carbocycles. The monoisotopic (exact) mass is 305 g/mol. The van der Waals surface area contributed by atoms with Crippen LogP contribution in [0, 0.1) is 26.7 Å². The average molecular weight is 305 g/mol. The number of H-pyrrole nitrogens is 1. The molecule has 2 N–H and O–H groups in total. The van der Waals surface area contributed by atoms with E-state index in [1.54, 1.807) is 0 Å². The van der Waals surface area contributed by atoms with Crippen LogP contribution < -0.4 is 5.32 Å². The molecule has 1 aromatic rings. The Bertz CT molecular complexity index is 562. The van der Waals surface area contributed by atoms with Crippen molar-refractivity contribution < 1.29 is 9.59 Å². The van der Waals surface area contributed by atoms with Crippen molar-refractivity contribution in [1.82, 2.24) is 15.2 Å². The summed E-state index contributed by atoms with van der Waals surface area (Å²) in [6.45, 7) is 9.97. The number of amides is 2. The van der Waals surface area contributed by atoms with Crippen molar-refractivity contribution in [2.75, 3.05) is 19.6 Å². The van der Waals surface area contributed by atoms with Crippen LogP contribution in [-0.2, 0) is 4.79 Å². The van der Waals surface area contributed by atoms with Crippen LogP contribution in [0.2, 0.25) is 0 Å². The number of hydrogen-bond donors (Lipinski definition) is 2. The van der Waals surface area contributed by atoms with Gasteiger partial charge in [-0.1, -0.05) is 6.92 Å². The zero-order valence-electron chi connectivity index (χ0n) is 14.1. The second-order valence-electron chi connectivity index (χ2n) is 6.26. The van der Waals surface area contributed by atoms with Crippen molar-refractivity contribution in [1.29, 1.82) is 0 Å². The van der Waals surface area contributed by atoms with E-state index in [1.165, 1.54) is 0 Å². The Hall–Kier alpha value is -1.78. The predicted molar refractivity (Wildman–Crippen MR) is 86.9 cm³/mol. The number of aromatic nitrogens is 1. The summed E-state index contributed by atoms with van der Waals surface area (Å²) < 4.78 is 0. The van der Waals surface area contributed by atoms with E-state index < -0.39 is 0 Å². The zero-order valence-corrected chi connectivity index (χ0v) is 14.1. The first kappa shape index (κ1) is 16.6. The van der Waals surface area contributed by atoms with Crippen LogP contribution in [0.15, 0.2) is 0 Å². The maximum absolute atomic E-state index is 12.7. The molecule has 5 nitrogen and oxygen atoms in total. The summed E-state index contributed by atoms with van der Waals surface area (Å²) in [5.41, 5.74) is 3.86. The van der Waals surface area contributed by atoms with Gasteiger partial charge in [0, 0.05) is 25.3 Å². The largest absolute Gasteiger partial charge is 0.356 e. The van der Waals surface area contributed by atoms with Crippen LogP contribution in [0.4, 0.5) is 0 Å². The Morgan fingerprint density at radius 3 is 2.59 bits per heavy atom. The summed E-state index contributed by atoms with van der Waals surface area (Å²) in [6, 6.07) is 0. The number of carbonyl (C=O) groups is 2. The molecule has 1 atom stereocenters. The van der Waals surface area contributed by atoms with Crippen LogP contribution in [0.1, 0.15) is 53.5 Å². The third-order valence-corrected chi connectivity index (χ3v) is 4.65. The van der Waals surface area contributed by atoms with Crippen LogP contribution in [0.3, 0.4) is 0 Å². The van der Waals surface area contributed by atoms with Crippen LogP contribution in [0.25, 0.3) is 0 Å². The molecule has 0 spiro atoms. The second kappa shape index (κ2) is 6.99. The summed E-state index contributed by atoms with van der Waals surface area (Å²) in [6.07, 6.45) is 2.68. The highest BCUT2D eigenvalue weighted by molar-refractivity contribution is 5.95. The molecule has 1 saturated heterocycles. The normalized spacial score (nSPS) is 18.4. The summed E-state index contributed by atoms with van der Waals surface area (Å²) >= 11 is 0. The lowest BCUT2D eigenvalue weighted by Gasteiger charge is -2.32. The van der Waals surface area contributed by atoms with Gasteiger partial charge in [-0.25, -0.2) is 0 Å². The van der Waals surface area contributed by atoms with E-state index in [0.29, 0.717) is 18.8 Å². The fraction of sp³-hybridized carbons (Fsp3) is 0.647. The maximum Gasteiger partial charge on any atom is 0.270 e. The van der Waals surface area contributed by atoms with E-state index in [0.717, 1.165) is 42.6 Å². The number of nitrogens with zero attached hydrogens (tertiary/aromatic N) is 1. The van der Waals surface area contributed by atoms with Crippen molar-refractivity contribution in [3.05, 3.63) is 22.5 Å². The molecular weight excluding hydrogens is 278 g/mol. The SMILES string of the molecule is CCCNC(=O)C1CCCN(C(=O)c2[nH]c(C)c(C)c2C)C1. The number of carbonyl (C=O) groups excluding carboxylic acids is 2. The molecule has 122 valence electrons. The molecule has 0 aromatic carbocycles. The Labute approximate surface area is 132 Å². The van der Waals surface area contributed by atoms with Gasteiger partial charge in [0.25, 0.3) is 5.91 Å². The summed E-state index contributed by atoms with van der Waals surface area (Å²) in [4.78, 5) is 29.9. The summed E-state index contributed by atoms with van der Waals surface area (Å²) in [5, 5.41) is 2.94. The highest BCUT2D eigenvalue weighted by Crippen LogP contribution is 2.22. The molecule has 2 rings (SSSR count). The third-order valence-electron chi connectivity index (χ3n) is 4.65. The van der Waals surface area contributed by atoms with E-state index >= 15 is 0 Å². The molecular formula is C17H27N3O2. The number of piperidine rings is 1. The Kier molecular flexibility index (Phi) is 5.27. The molecule has 1 aliphatic heterocycles. The Morgan fingerprint density at radius 1 is 1.27 bits per heavy atom. The number of aromatic amines is 1. The molecule has 0 bridgehead atoms. The Balaban J connectivity index is 2.07. The number of rotatable bonds is 4. The van der Waals surface area contributed by atoms with E-state index in [-0.39, 0.29) is 17.7 Å². The molecule has 0 saturated carbocycles. The van der Waals surface area contributed by atoms with Gasteiger partial charge in [0.1, 0.15) is 5.69 Å². The fourth-order valence-electron chi connectivity index (χ4n) is 2.98. The van der Waals surface area contributed by atoms with E-state index in [4.69, 9.17) is 0 Å². The standard InChI is InChI=1S/C17H27N3O2/c1-5-8-18-16(21)14-7-6-9-20(10-14)17(22)15-12(3)11(2)13(4)19-15/h14,19H,5-10H2,1-4H3,(H,18,21). The minimum atomic E-state index is -0.0817.